The Hall–Kier alpha value is -1.55. The Labute approximate surface area is 107 Å². The molecule has 0 amide bonds. The van der Waals surface area contributed by atoms with E-state index in [-0.39, 0.29) is 12.5 Å². The number of ether oxygens (including phenoxy) is 1. The van der Waals surface area contributed by atoms with Gasteiger partial charge in [-0.15, -0.1) is 0 Å². The van der Waals surface area contributed by atoms with Crippen LogP contribution in [0.2, 0.25) is 0 Å². The van der Waals surface area contributed by atoms with E-state index in [9.17, 15) is 9.90 Å². The van der Waals surface area contributed by atoms with Crippen LogP contribution in [0.4, 0.5) is 0 Å². The number of hydrogen-bond donors (Lipinski definition) is 2. The van der Waals surface area contributed by atoms with E-state index in [0.29, 0.717) is 5.75 Å². The van der Waals surface area contributed by atoms with Crippen molar-refractivity contribution >= 4 is 5.97 Å². The lowest BCUT2D eigenvalue weighted by molar-refractivity contribution is -0.145. The van der Waals surface area contributed by atoms with Crippen LogP contribution in [-0.4, -0.2) is 23.2 Å². The zero-order chi connectivity index (χ0) is 13.2. The van der Waals surface area contributed by atoms with Crippen molar-refractivity contribution in [3.05, 3.63) is 29.8 Å². The van der Waals surface area contributed by atoms with Gasteiger partial charge in [0.05, 0.1) is 0 Å². The molecular weight excluding hydrogens is 230 g/mol. The summed E-state index contributed by atoms with van der Waals surface area (Å²) in [5.41, 5.74) is 5.86. The highest BCUT2D eigenvalue weighted by atomic mass is 16.5. The monoisotopic (exact) mass is 249 g/mol. The molecule has 0 heterocycles. The van der Waals surface area contributed by atoms with Crippen LogP contribution in [0.15, 0.2) is 24.3 Å². The topological polar surface area (TPSA) is 72.5 Å². The Bertz CT molecular complexity index is 442. The van der Waals surface area contributed by atoms with Crippen LogP contribution >= 0.6 is 0 Å². The van der Waals surface area contributed by atoms with Crippen molar-refractivity contribution in [1.82, 2.24) is 0 Å². The molecule has 0 aromatic heterocycles. The molecule has 1 fully saturated rings. The molecule has 3 N–H and O–H groups in total. The average molecular weight is 249 g/mol. The van der Waals surface area contributed by atoms with Crippen LogP contribution in [0.25, 0.3) is 0 Å². The van der Waals surface area contributed by atoms with Gasteiger partial charge in [0.15, 0.2) is 5.54 Å². The van der Waals surface area contributed by atoms with Crippen LogP contribution in [0.1, 0.15) is 25.3 Å². The van der Waals surface area contributed by atoms with E-state index >= 15 is 0 Å². The maximum atomic E-state index is 11.2. The van der Waals surface area contributed by atoms with E-state index in [1.165, 1.54) is 0 Å². The molecule has 1 unspecified atom stereocenters. The van der Waals surface area contributed by atoms with E-state index in [2.05, 4.69) is 6.92 Å². The molecule has 1 aliphatic carbocycles. The minimum Gasteiger partial charge on any atom is -0.491 e. The molecule has 98 valence electrons. The second-order valence-electron chi connectivity index (χ2n) is 4.91. The third-order valence-electron chi connectivity index (χ3n) is 3.49. The highest BCUT2D eigenvalue weighted by molar-refractivity contribution is 5.79. The maximum Gasteiger partial charge on any atom is 0.327 e. The van der Waals surface area contributed by atoms with Gasteiger partial charge in [0.25, 0.3) is 0 Å². The van der Waals surface area contributed by atoms with Crippen molar-refractivity contribution in [2.75, 3.05) is 6.61 Å². The first-order valence-corrected chi connectivity index (χ1v) is 6.30. The third kappa shape index (κ3) is 2.64. The number of nitrogens with two attached hydrogens (primary N) is 1. The minimum absolute atomic E-state index is 0.0279. The first-order valence-electron chi connectivity index (χ1n) is 6.30. The van der Waals surface area contributed by atoms with Gasteiger partial charge in [0, 0.05) is 0 Å². The summed E-state index contributed by atoms with van der Waals surface area (Å²) in [6, 6.07) is 7.67. The summed E-state index contributed by atoms with van der Waals surface area (Å²) in [7, 11) is 0. The Morgan fingerprint density at radius 2 is 2.28 bits per heavy atom. The number of aliphatic carboxylic acids is 1. The van der Waals surface area contributed by atoms with Gasteiger partial charge in [-0.05, 0) is 42.9 Å². The molecule has 4 nitrogen and oxygen atoms in total. The highest BCUT2D eigenvalue weighted by Gasteiger charge is 2.49. The molecular formula is C14H19NO3. The van der Waals surface area contributed by atoms with Crippen molar-refractivity contribution < 1.29 is 14.6 Å². The summed E-state index contributed by atoms with van der Waals surface area (Å²) in [6.07, 6.45) is 2.68. The normalized spacial score (nSPS) is 18.1. The number of hydrogen-bond acceptors (Lipinski definition) is 3. The van der Waals surface area contributed by atoms with Gasteiger partial charge in [0.1, 0.15) is 12.4 Å². The Morgan fingerprint density at radius 3 is 2.83 bits per heavy atom. The molecule has 1 aromatic carbocycles. The molecule has 0 bridgehead atoms. The lowest BCUT2D eigenvalue weighted by Crippen LogP contribution is -2.54. The molecule has 0 spiro atoms. The summed E-state index contributed by atoms with van der Waals surface area (Å²) in [6.45, 7) is 2.09. The summed E-state index contributed by atoms with van der Waals surface area (Å²) < 4.78 is 5.57. The average Bonchev–Trinajstić information content (AvgIpc) is 3.20. The smallest absolute Gasteiger partial charge is 0.327 e. The van der Waals surface area contributed by atoms with Crippen LogP contribution < -0.4 is 10.5 Å². The van der Waals surface area contributed by atoms with Crippen LogP contribution in [0.3, 0.4) is 0 Å². The van der Waals surface area contributed by atoms with Crippen LogP contribution in [0, 0.1) is 5.92 Å². The quantitative estimate of drug-likeness (QED) is 0.806. The summed E-state index contributed by atoms with van der Waals surface area (Å²) in [5, 5.41) is 9.22. The molecule has 1 saturated carbocycles. The van der Waals surface area contributed by atoms with Crippen LogP contribution in [0.5, 0.6) is 5.75 Å². The second-order valence-corrected chi connectivity index (χ2v) is 4.91. The SMILES string of the molecule is CCc1cccc(OCC(N)(C(=O)O)C2CC2)c1. The standard InChI is InChI=1S/C14H19NO3/c1-2-10-4-3-5-12(8-10)18-9-14(15,13(16)17)11-6-7-11/h3-5,8,11H,2,6-7,9,15H2,1H3,(H,16,17). The summed E-state index contributed by atoms with van der Waals surface area (Å²) in [5.74, 6) is -0.243. The molecule has 2 rings (SSSR count). The van der Waals surface area contributed by atoms with Crippen molar-refractivity contribution in [2.45, 2.75) is 31.7 Å². The van der Waals surface area contributed by atoms with Crippen molar-refractivity contribution in [2.24, 2.45) is 11.7 Å². The van der Waals surface area contributed by atoms with Crippen molar-refractivity contribution in [3.8, 4) is 5.75 Å². The summed E-state index contributed by atoms with van der Waals surface area (Å²) in [4.78, 5) is 11.2. The number of benzene rings is 1. The number of aryl methyl sites for hydroxylation is 1. The van der Waals surface area contributed by atoms with Gasteiger partial charge in [-0.1, -0.05) is 19.1 Å². The van der Waals surface area contributed by atoms with Gasteiger partial charge in [-0.3, -0.25) is 4.79 Å². The molecule has 4 heteroatoms. The minimum atomic E-state index is -1.25. The number of carboxylic acid groups (broad SMARTS) is 1. The molecule has 0 aliphatic heterocycles. The van der Waals surface area contributed by atoms with Gasteiger partial charge in [-0.25, -0.2) is 0 Å². The Kier molecular flexibility index (Phi) is 3.57. The van der Waals surface area contributed by atoms with E-state index in [0.717, 1.165) is 24.8 Å². The number of carbonyl (C=O) groups is 1. The maximum absolute atomic E-state index is 11.2. The Balaban J connectivity index is 2.03. The van der Waals surface area contributed by atoms with E-state index in [1.807, 2.05) is 24.3 Å². The van der Waals surface area contributed by atoms with E-state index < -0.39 is 11.5 Å². The van der Waals surface area contributed by atoms with Gasteiger partial charge in [0.2, 0.25) is 0 Å². The largest absolute Gasteiger partial charge is 0.491 e. The van der Waals surface area contributed by atoms with E-state index in [4.69, 9.17) is 10.5 Å². The van der Waals surface area contributed by atoms with Gasteiger partial charge >= 0.3 is 5.97 Å². The molecule has 1 aliphatic rings. The van der Waals surface area contributed by atoms with E-state index in [1.54, 1.807) is 0 Å². The molecule has 1 aromatic rings. The van der Waals surface area contributed by atoms with Crippen LogP contribution in [-0.2, 0) is 11.2 Å². The second kappa shape index (κ2) is 4.98. The number of rotatable bonds is 6. The molecule has 0 radical (unpaired) electrons. The van der Waals surface area contributed by atoms with Gasteiger partial charge < -0.3 is 15.6 Å². The lowest BCUT2D eigenvalue weighted by Gasteiger charge is -2.24. The zero-order valence-corrected chi connectivity index (χ0v) is 10.6. The zero-order valence-electron chi connectivity index (χ0n) is 10.6. The fraction of sp³-hybridized carbons (Fsp3) is 0.500. The predicted molar refractivity (Wildman–Crippen MR) is 68.6 cm³/mol. The third-order valence-corrected chi connectivity index (χ3v) is 3.49. The van der Waals surface area contributed by atoms with Crippen molar-refractivity contribution in [1.29, 1.82) is 0 Å². The van der Waals surface area contributed by atoms with Gasteiger partial charge in [-0.2, -0.15) is 0 Å². The molecule has 0 saturated heterocycles. The molecule has 18 heavy (non-hydrogen) atoms. The number of carboxylic acids is 1. The molecule has 1 atom stereocenters. The predicted octanol–water partition coefficient (Wildman–Crippen LogP) is 1.82. The van der Waals surface area contributed by atoms with Crippen molar-refractivity contribution in [3.63, 3.8) is 0 Å². The fourth-order valence-corrected chi connectivity index (χ4v) is 2.01. The highest BCUT2D eigenvalue weighted by Crippen LogP contribution is 2.38. The fourth-order valence-electron chi connectivity index (χ4n) is 2.01. The summed E-state index contributed by atoms with van der Waals surface area (Å²) >= 11 is 0. The lowest BCUT2D eigenvalue weighted by atomic mass is 9.96. The Morgan fingerprint density at radius 1 is 1.56 bits per heavy atom. The first kappa shape index (κ1) is 12.9. The first-order chi connectivity index (χ1) is 8.56.